The molecule has 0 spiro atoms. The summed E-state index contributed by atoms with van der Waals surface area (Å²) in [6, 6.07) is 0. The molecule has 0 saturated heterocycles. The molecule has 34 heavy (non-hydrogen) atoms. The van der Waals surface area contributed by atoms with Crippen molar-refractivity contribution in [2.24, 2.45) is 46.3 Å². The molecule has 4 saturated carbocycles. The first kappa shape index (κ1) is 25.8. The molecule has 11 atom stereocenters. The highest BCUT2D eigenvalue weighted by Gasteiger charge is 2.66. The molecule has 6 heteroatoms. The van der Waals surface area contributed by atoms with Gasteiger partial charge >= 0.3 is 5.97 Å². The Kier molecular flexibility index (Phi) is 6.85. The third-order valence-electron chi connectivity index (χ3n) is 11.3. The molecule has 0 unspecified atom stereocenters. The van der Waals surface area contributed by atoms with Gasteiger partial charge in [-0.15, -0.1) is 0 Å². The molecule has 6 nitrogen and oxygen atoms in total. The van der Waals surface area contributed by atoms with Gasteiger partial charge in [-0.25, -0.2) is 0 Å². The lowest BCUT2D eigenvalue weighted by atomic mass is 9.42. The van der Waals surface area contributed by atoms with Gasteiger partial charge in [0.25, 0.3) is 0 Å². The maximum Gasteiger partial charge on any atom is 0.305 e. The third-order valence-corrected chi connectivity index (χ3v) is 11.3. The second-order valence-corrected chi connectivity index (χ2v) is 12.5. The summed E-state index contributed by atoms with van der Waals surface area (Å²) in [6.45, 7) is 10.2. The normalized spacial score (nSPS) is 48.7. The van der Waals surface area contributed by atoms with Crippen molar-refractivity contribution in [2.75, 3.05) is 7.11 Å². The number of methoxy groups -OCH3 is 1. The zero-order valence-electron chi connectivity index (χ0n) is 21.3. The van der Waals surface area contributed by atoms with Gasteiger partial charge in [-0.05, 0) is 104 Å². The molecule has 0 aromatic rings. The molecular formula is C28H44O6. The summed E-state index contributed by atoms with van der Waals surface area (Å²) in [6.07, 6.45) is 6.13. The maximum absolute atomic E-state index is 12.4. The van der Waals surface area contributed by atoms with Crippen molar-refractivity contribution in [1.29, 1.82) is 0 Å². The minimum Gasteiger partial charge on any atom is -0.469 e. The van der Waals surface area contributed by atoms with Crippen LogP contribution in [0.4, 0.5) is 0 Å². The first-order valence-electron chi connectivity index (χ1n) is 13.2. The van der Waals surface area contributed by atoms with Crippen molar-refractivity contribution in [1.82, 2.24) is 0 Å². The van der Waals surface area contributed by atoms with Crippen molar-refractivity contribution in [2.45, 2.75) is 96.4 Å². The molecule has 0 aromatic carbocycles. The highest BCUT2D eigenvalue weighted by Crippen LogP contribution is 2.69. The molecule has 0 aromatic heterocycles. The maximum atomic E-state index is 12.4. The zero-order valence-corrected chi connectivity index (χ0v) is 21.3. The Hall–Kier alpha value is -1.24. The zero-order chi connectivity index (χ0) is 25.1. The molecule has 4 fully saturated rings. The van der Waals surface area contributed by atoms with Crippen LogP contribution in [0.2, 0.25) is 0 Å². The number of aliphatic hydroxyl groups excluding tert-OH is 2. The van der Waals surface area contributed by atoms with Crippen LogP contribution in [-0.2, 0) is 14.3 Å². The molecule has 0 amide bonds. The molecule has 4 rings (SSSR count). The lowest BCUT2D eigenvalue weighted by Crippen LogP contribution is -2.63. The van der Waals surface area contributed by atoms with E-state index in [-0.39, 0.29) is 46.3 Å². The Morgan fingerprint density at radius 2 is 1.85 bits per heavy atom. The Bertz CT molecular complexity index is 826. The van der Waals surface area contributed by atoms with Crippen LogP contribution in [-0.4, -0.2) is 52.0 Å². The van der Waals surface area contributed by atoms with Gasteiger partial charge in [0, 0.05) is 6.42 Å². The first-order valence-corrected chi connectivity index (χ1v) is 13.2. The van der Waals surface area contributed by atoms with Crippen LogP contribution in [0.25, 0.3) is 0 Å². The van der Waals surface area contributed by atoms with E-state index in [1.807, 2.05) is 0 Å². The predicted molar refractivity (Wildman–Crippen MR) is 129 cm³/mol. The molecule has 4 aliphatic carbocycles. The quantitative estimate of drug-likeness (QED) is 0.399. The average Bonchev–Trinajstić information content (AvgIpc) is 3.17. The molecule has 192 valence electrons. The van der Waals surface area contributed by atoms with E-state index in [0.717, 1.165) is 25.7 Å². The van der Waals surface area contributed by atoms with Crippen LogP contribution >= 0.6 is 0 Å². The summed E-state index contributed by atoms with van der Waals surface area (Å²) in [5.74, 6) is 0.646. The molecule has 0 radical (unpaired) electrons. The van der Waals surface area contributed by atoms with Crippen molar-refractivity contribution in [3.63, 3.8) is 0 Å². The SMILES string of the molecule is C=CC(=O)[C@@]1(O)CC[C@@]2(C)[C@H](C[C@@H](O)[C@@H]3[C@@H]2C[C@H](O)[C@]2(C)[C@@H]([C@H](C)CCC(=O)OC)CC[C@@H]32)C1. The van der Waals surface area contributed by atoms with Gasteiger partial charge in [0.05, 0.1) is 19.3 Å². The number of fused-ring (bicyclic) bond motifs is 5. The fourth-order valence-corrected chi connectivity index (χ4v) is 9.21. The molecule has 0 aliphatic heterocycles. The Balaban J connectivity index is 1.58. The van der Waals surface area contributed by atoms with Gasteiger partial charge < -0.3 is 20.1 Å². The lowest BCUT2D eigenvalue weighted by molar-refractivity contribution is -0.214. The van der Waals surface area contributed by atoms with E-state index >= 15 is 0 Å². The fraction of sp³-hybridized carbons (Fsp3) is 0.857. The van der Waals surface area contributed by atoms with E-state index in [0.29, 0.717) is 43.9 Å². The van der Waals surface area contributed by atoms with Crippen LogP contribution in [0.15, 0.2) is 12.7 Å². The standard InChI is InChI=1S/C28H44O6/c1-6-22(30)28(33)12-11-26(3)17(15-28)13-21(29)25-19-9-8-18(16(2)7-10-24(32)34-5)27(19,4)23(31)14-20(25)26/h6,16-21,23,25,29,31,33H,1,7-15H2,2-5H3/t16-,17-,18-,19+,20+,21-,23+,25+,26+,27-,28-/m1/s1. The summed E-state index contributed by atoms with van der Waals surface area (Å²) in [5.41, 5.74) is -1.78. The van der Waals surface area contributed by atoms with Gasteiger partial charge in [-0.3, -0.25) is 9.59 Å². The second kappa shape index (κ2) is 9.01. The topological polar surface area (TPSA) is 104 Å². The molecule has 0 heterocycles. The van der Waals surface area contributed by atoms with E-state index in [1.54, 1.807) is 0 Å². The number of carbonyl (C=O) groups excluding carboxylic acids is 2. The van der Waals surface area contributed by atoms with Crippen LogP contribution in [0.3, 0.4) is 0 Å². The largest absolute Gasteiger partial charge is 0.469 e. The van der Waals surface area contributed by atoms with E-state index in [9.17, 15) is 24.9 Å². The summed E-state index contributed by atoms with van der Waals surface area (Å²) >= 11 is 0. The van der Waals surface area contributed by atoms with Crippen LogP contribution < -0.4 is 0 Å². The molecule has 3 N–H and O–H groups in total. The second-order valence-electron chi connectivity index (χ2n) is 12.5. The van der Waals surface area contributed by atoms with E-state index in [1.165, 1.54) is 13.2 Å². The molecule has 4 aliphatic rings. The highest BCUT2D eigenvalue weighted by atomic mass is 16.5. The van der Waals surface area contributed by atoms with Crippen molar-refractivity contribution in [3.8, 4) is 0 Å². The number of hydrogen-bond acceptors (Lipinski definition) is 6. The van der Waals surface area contributed by atoms with E-state index in [2.05, 4.69) is 27.4 Å². The van der Waals surface area contributed by atoms with E-state index < -0.39 is 17.8 Å². The number of aliphatic hydroxyl groups is 3. The number of ketones is 1. The Morgan fingerprint density at radius 1 is 1.15 bits per heavy atom. The van der Waals surface area contributed by atoms with Gasteiger partial charge in [-0.1, -0.05) is 27.4 Å². The van der Waals surface area contributed by atoms with Gasteiger partial charge in [-0.2, -0.15) is 0 Å². The predicted octanol–water partition coefficient (Wildman–Crippen LogP) is 3.66. The number of carbonyl (C=O) groups is 2. The lowest BCUT2D eigenvalue weighted by Gasteiger charge is -2.64. The monoisotopic (exact) mass is 476 g/mol. The Morgan fingerprint density at radius 3 is 2.50 bits per heavy atom. The number of ether oxygens (including phenoxy) is 1. The minimum atomic E-state index is -1.38. The van der Waals surface area contributed by atoms with E-state index in [4.69, 9.17) is 4.74 Å². The van der Waals surface area contributed by atoms with Crippen LogP contribution in [0, 0.1) is 46.3 Å². The van der Waals surface area contributed by atoms with Crippen molar-refractivity contribution >= 4 is 11.8 Å². The third kappa shape index (κ3) is 3.79. The minimum absolute atomic E-state index is 0.0409. The van der Waals surface area contributed by atoms with Gasteiger partial charge in [0.2, 0.25) is 0 Å². The van der Waals surface area contributed by atoms with Crippen molar-refractivity contribution in [3.05, 3.63) is 12.7 Å². The first-order chi connectivity index (χ1) is 15.9. The number of hydrogen-bond donors (Lipinski definition) is 3. The smallest absolute Gasteiger partial charge is 0.305 e. The molecule has 0 bridgehead atoms. The van der Waals surface area contributed by atoms with Gasteiger partial charge in [0.1, 0.15) is 5.60 Å². The summed E-state index contributed by atoms with van der Waals surface area (Å²) in [7, 11) is 1.42. The van der Waals surface area contributed by atoms with Gasteiger partial charge in [0.15, 0.2) is 5.78 Å². The molecular weight excluding hydrogens is 432 g/mol. The summed E-state index contributed by atoms with van der Waals surface area (Å²) in [5, 5.41) is 34.2. The Labute approximate surface area is 204 Å². The number of esters is 1. The summed E-state index contributed by atoms with van der Waals surface area (Å²) < 4.78 is 4.83. The van der Waals surface area contributed by atoms with Crippen LogP contribution in [0.1, 0.15) is 78.6 Å². The number of rotatable bonds is 6. The van der Waals surface area contributed by atoms with Crippen molar-refractivity contribution < 1.29 is 29.6 Å². The van der Waals surface area contributed by atoms with Crippen LogP contribution in [0.5, 0.6) is 0 Å². The summed E-state index contributed by atoms with van der Waals surface area (Å²) in [4.78, 5) is 24.1. The fourth-order valence-electron chi connectivity index (χ4n) is 9.21. The average molecular weight is 477 g/mol. The highest BCUT2D eigenvalue weighted by molar-refractivity contribution is 5.96.